The van der Waals surface area contributed by atoms with E-state index in [0.29, 0.717) is 19.2 Å². The summed E-state index contributed by atoms with van der Waals surface area (Å²) < 4.78 is 5.27. The summed E-state index contributed by atoms with van der Waals surface area (Å²) in [5.74, 6) is -0.349. The first-order valence-electron chi connectivity index (χ1n) is 6.77. The SMILES string of the molecule is CC(CNC1CC(O)C1)C(=O)OCc1ccccc1. The summed E-state index contributed by atoms with van der Waals surface area (Å²) in [4.78, 5) is 11.8. The third-order valence-corrected chi connectivity index (χ3v) is 3.45. The molecule has 0 spiro atoms. The second-order valence-corrected chi connectivity index (χ2v) is 5.22. The van der Waals surface area contributed by atoms with E-state index in [1.165, 1.54) is 0 Å². The zero-order valence-corrected chi connectivity index (χ0v) is 11.2. The maximum absolute atomic E-state index is 11.8. The fourth-order valence-electron chi connectivity index (χ4n) is 2.05. The van der Waals surface area contributed by atoms with Crippen molar-refractivity contribution in [3.05, 3.63) is 35.9 Å². The highest BCUT2D eigenvalue weighted by molar-refractivity contribution is 5.72. The Morgan fingerprint density at radius 2 is 2.11 bits per heavy atom. The van der Waals surface area contributed by atoms with Crippen LogP contribution in [0.1, 0.15) is 25.3 Å². The van der Waals surface area contributed by atoms with Crippen molar-refractivity contribution in [2.24, 2.45) is 5.92 Å². The monoisotopic (exact) mass is 263 g/mol. The van der Waals surface area contributed by atoms with Crippen molar-refractivity contribution >= 4 is 5.97 Å². The van der Waals surface area contributed by atoms with Crippen molar-refractivity contribution in [2.45, 2.75) is 38.5 Å². The molecule has 4 heteroatoms. The predicted molar refractivity (Wildman–Crippen MR) is 72.4 cm³/mol. The fraction of sp³-hybridized carbons (Fsp3) is 0.533. The first-order chi connectivity index (χ1) is 9.15. The highest BCUT2D eigenvalue weighted by atomic mass is 16.5. The molecule has 0 radical (unpaired) electrons. The Balaban J connectivity index is 1.65. The van der Waals surface area contributed by atoms with Crippen LogP contribution in [0.15, 0.2) is 30.3 Å². The van der Waals surface area contributed by atoms with Gasteiger partial charge in [0, 0.05) is 12.6 Å². The van der Waals surface area contributed by atoms with Gasteiger partial charge in [0.2, 0.25) is 0 Å². The Kier molecular flexibility index (Phi) is 4.93. The van der Waals surface area contributed by atoms with Crippen LogP contribution in [-0.4, -0.2) is 29.8 Å². The zero-order valence-electron chi connectivity index (χ0n) is 11.2. The normalized spacial score (nSPS) is 23.5. The van der Waals surface area contributed by atoms with Crippen LogP contribution >= 0.6 is 0 Å². The number of aliphatic hydroxyl groups excluding tert-OH is 1. The molecule has 0 heterocycles. The number of benzene rings is 1. The molecular formula is C15H21NO3. The summed E-state index contributed by atoms with van der Waals surface area (Å²) in [6, 6.07) is 10.0. The Morgan fingerprint density at radius 1 is 1.42 bits per heavy atom. The van der Waals surface area contributed by atoms with Crippen LogP contribution in [0.25, 0.3) is 0 Å². The van der Waals surface area contributed by atoms with Crippen LogP contribution in [-0.2, 0) is 16.1 Å². The third-order valence-electron chi connectivity index (χ3n) is 3.45. The molecule has 19 heavy (non-hydrogen) atoms. The molecule has 0 amide bonds. The average Bonchev–Trinajstić information content (AvgIpc) is 2.40. The summed E-state index contributed by atoms with van der Waals surface area (Å²) in [5, 5.41) is 12.4. The zero-order chi connectivity index (χ0) is 13.7. The van der Waals surface area contributed by atoms with E-state index in [4.69, 9.17) is 4.74 Å². The molecule has 2 rings (SSSR count). The number of carbonyl (C=O) groups is 1. The quantitative estimate of drug-likeness (QED) is 0.763. The predicted octanol–water partition coefficient (Wildman–Crippen LogP) is 1.48. The Bertz CT molecular complexity index is 401. The lowest BCUT2D eigenvalue weighted by molar-refractivity contribution is -0.149. The molecule has 0 saturated heterocycles. The summed E-state index contributed by atoms with van der Waals surface area (Å²) in [6.45, 7) is 2.78. The van der Waals surface area contributed by atoms with Crippen molar-refractivity contribution in [1.29, 1.82) is 0 Å². The van der Waals surface area contributed by atoms with Gasteiger partial charge >= 0.3 is 5.97 Å². The smallest absolute Gasteiger partial charge is 0.310 e. The van der Waals surface area contributed by atoms with Gasteiger partial charge in [-0.3, -0.25) is 4.79 Å². The number of aliphatic hydroxyl groups is 1. The summed E-state index contributed by atoms with van der Waals surface area (Å²) in [7, 11) is 0. The Hall–Kier alpha value is -1.39. The molecule has 0 aromatic heterocycles. The first-order valence-corrected chi connectivity index (χ1v) is 6.77. The van der Waals surface area contributed by atoms with E-state index < -0.39 is 0 Å². The van der Waals surface area contributed by atoms with Crippen LogP contribution in [0.4, 0.5) is 0 Å². The Morgan fingerprint density at radius 3 is 2.74 bits per heavy atom. The van der Waals surface area contributed by atoms with Gasteiger partial charge in [0.1, 0.15) is 6.61 Å². The molecule has 4 nitrogen and oxygen atoms in total. The first kappa shape index (κ1) is 14.0. The van der Waals surface area contributed by atoms with Crippen molar-refractivity contribution in [1.82, 2.24) is 5.32 Å². The minimum atomic E-state index is -0.184. The van der Waals surface area contributed by atoms with Crippen LogP contribution < -0.4 is 5.32 Å². The molecule has 1 aliphatic carbocycles. The minimum Gasteiger partial charge on any atom is -0.461 e. The molecule has 0 bridgehead atoms. The minimum absolute atomic E-state index is 0.165. The van der Waals surface area contributed by atoms with Crippen molar-refractivity contribution < 1.29 is 14.6 Å². The summed E-state index contributed by atoms with van der Waals surface area (Å²) >= 11 is 0. The topological polar surface area (TPSA) is 58.6 Å². The lowest BCUT2D eigenvalue weighted by Crippen LogP contribution is -2.46. The van der Waals surface area contributed by atoms with E-state index in [0.717, 1.165) is 18.4 Å². The average molecular weight is 263 g/mol. The molecule has 1 fully saturated rings. The molecule has 2 N–H and O–H groups in total. The molecule has 1 atom stereocenters. The molecule has 1 aliphatic rings. The van der Waals surface area contributed by atoms with E-state index in [9.17, 15) is 9.90 Å². The number of ether oxygens (including phenoxy) is 1. The molecule has 1 saturated carbocycles. The molecule has 104 valence electrons. The number of hydrogen-bond donors (Lipinski definition) is 2. The highest BCUT2D eigenvalue weighted by Gasteiger charge is 2.27. The number of hydrogen-bond acceptors (Lipinski definition) is 4. The molecule has 0 aliphatic heterocycles. The molecule has 1 aromatic rings. The molecule has 1 aromatic carbocycles. The van der Waals surface area contributed by atoms with Crippen LogP contribution in [0.2, 0.25) is 0 Å². The van der Waals surface area contributed by atoms with Gasteiger partial charge in [-0.2, -0.15) is 0 Å². The number of rotatable bonds is 6. The van der Waals surface area contributed by atoms with Crippen LogP contribution in [0, 0.1) is 5.92 Å². The number of esters is 1. The van der Waals surface area contributed by atoms with Gasteiger partial charge in [0.15, 0.2) is 0 Å². The lowest BCUT2D eigenvalue weighted by atomic mass is 9.89. The highest BCUT2D eigenvalue weighted by Crippen LogP contribution is 2.19. The van der Waals surface area contributed by atoms with Gasteiger partial charge in [-0.25, -0.2) is 0 Å². The maximum Gasteiger partial charge on any atom is 0.310 e. The van der Waals surface area contributed by atoms with Crippen molar-refractivity contribution in [3.63, 3.8) is 0 Å². The van der Waals surface area contributed by atoms with Crippen LogP contribution in [0.5, 0.6) is 0 Å². The van der Waals surface area contributed by atoms with Gasteiger partial charge < -0.3 is 15.2 Å². The van der Waals surface area contributed by atoms with E-state index in [1.54, 1.807) is 0 Å². The standard InChI is InChI=1S/C15H21NO3/c1-11(9-16-13-7-14(17)8-13)15(18)19-10-12-5-3-2-4-6-12/h2-6,11,13-14,16-17H,7-10H2,1H3. The van der Waals surface area contributed by atoms with Crippen molar-refractivity contribution in [2.75, 3.05) is 6.54 Å². The van der Waals surface area contributed by atoms with Gasteiger partial charge in [-0.15, -0.1) is 0 Å². The largest absolute Gasteiger partial charge is 0.461 e. The van der Waals surface area contributed by atoms with Gasteiger partial charge in [0.25, 0.3) is 0 Å². The lowest BCUT2D eigenvalue weighted by Gasteiger charge is -2.32. The number of carbonyl (C=O) groups excluding carboxylic acids is 1. The van der Waals surface area contributed by atoms with Gasteiger partial charge in [-0.05, 0) is 18.4 Å². The van der Waals surface area contributed by atoms with E-state index in [1.807, 2.05) is 37.3 Å². The second-order valence-electron chi connectivity index (χ2n) is 5.22. The molecular weight excluding hydrogens is 242 g/mol. The fourth-order valence-corrected chi connectivity index (χ4v) is 2.05. The van der Waals surface area contributed by atoms with E-state index in [2.05, 4.69) is 5.32 Å². The molecule has 1 unspecified atom stereocenters. The van der Waals surface area contributed by atoms with E-state index >= 15 is 0 Å². The second kappa shape index (κ2) is 6.68. The van der Waals surface area contributed by atoms with Crippen molar-refractivity contribution in [3.8, 4) is 0 Å². The Labute approximate surface area is 113 Å². The van der Waals surface area contributed by atoms with Crippen LogP contribution in [0.3, 0.4) is 0 Å². The number of nitrogens with one attached hydrogen (secondary N) is 1. The summed E-state index contributed by atoms with van der Waals surface area (Å²) in [5.41, 5.74) is 0.998. The van der Waals surface area contributed by atoms with E-state index in [-0.39, 0.29) is 18.0 Å². The summed E-state index contributed by atoms with van der Waals surface area (Å²) in [6.07, 6.45) is 1.40. The maximum atomic E-state index is 11.8. The van der Waals surface area contributed by atoms with Gasteiger partial charge in [-0.1, -0.05) is 37.3 Å². The third kappa shape index (κ3) is 4.33. The van der Waals surface area contributed by atoms with Gasteiger partial charge in [0.05, 0.1) is 12.0 Å².